The lowest BCUT2D eigenvalue weighted by atomic mass is 10.1. The van der Waals surface area contributed by atoms with Gasteiger partial charge in [0.2, 0.25) is 0 Å². The van der Waals surface area contributed by atoms with Crippen LogP contribution in [0, 0.1) is 12.8 Å². The lowest BCUT2D eigenvalue weighted by Crippen LogP contribution is -2.37. The van der Waals surface area contributed by atoms with Gasteiger partial charge in [-0.1, -0.05) is 4.49 Å². The van der Waals surface area contributed by atoms with Crippen molar-refractivity contribution in [1.29, 1.82) is 0 Å². The normalized spacial score (nSPS) is 21.2. The second-order valence-electron chi connectivity index (χ2n) is 7.23. The minimum atomic E-state index is -4.64. The molecule has 28 heavy (non-hydrogen) atoms. The predicted molar refractivity (Wildman–Crippen MR) is 96.2 cm³/mol. The first-order valence-corrected chi connectivity index (χ1v) is 9.63. The van der Waals surface area contributed by atoms with Gasteiger partial charge in [0, 0.05) is 23.8 Å². The average Bonchev–Trinajstić information content (AvgIpc) is 3.36. The molecule has 1 aromatic heterocycles. The van der Waals surface area contributed by atoms with E-state index in [2.05, 4.69) is 14.9 Å². The largest absolute Gasteiger partial charge is 0.416 e. The van der Waals surface area contributed by atoms with Crippen LogP contribution in [-0.2, 0) is 6.18 Å². The topological polar surface area (TPSA) is 75.2 Å². The number of carbonyl (C=O) groups is 2. The van der Waals surface area contributed by atoms with Gasteiger partial charge < -0.3 is 10.2 Å². The third-order valence-corrected chi connectivity index (χ3v) is 6.12. The summed E-state index contributed by atoms with van der Waals surface area (Å²) in [6, 6.07) is 3.07. The molecule has 1 aromatic carbocycles. The van der Waals surface area contributed by atoms with Crippen molar-refractivity contribution >= 4 is 29.0 Å². The highest BCUT2D eigenvalue weighted by molar-refractivity contribution is 7.08. The molecule has 0 spiro atoms. The first-order valence-electron chi connectivity index (χ1n) is 8.86. The minimum Gasteiger partial charge on any atom is -0.335 e. The number of anilines is 1. The molecule has 2 amide bonds. The van der Waals surface area contributed by atoms with E-state index >= 15 is 0 Å². The maximum Gasteiger partial charge on any atom is 0.416 e. The molecule has 1 N–H and O–H groups in total. The highest BCUT2D eigenvalue weighted by atomic mass is 32.1. The van der Waals surface area contributed by atoms with Gasteiger partial charge in [0.15, 0.2) is 0 Å². The second-order valence-corrected chi connectivity index (χ2v) is 7.98. The van der Waals surface area contributed by atoms with E-state index in [4.69, 9.17) is 0 Å². The van der Waals surface area contributed by atoms with Crippen LogP contribution in [0.5, 0.6) is 0 Å². The first-order chi connectivity index (χ1) is 13.2. The van der Waals surface area contributed by atoms with Crippen molar-refractivity contribution < 1.29 is 22.8 Å². The van der Waals surface area contributed by atoms with Crippen LogP contribution in [0.4, 0.5) is 18.9 Å². The van der Waals surface area contributed by atoms with Gasteiger partial charge in [-0.3, -0.25) is 9.59 Å². The Morgan fingerprint density at radius 3 is 2.61 bits per heavy atom. The Hall–Kier alpha value is -2.49. The number of hydrogen-bond donors (Lipinski definition) is 1. The van der Waals surface area contributed by atoms with Gasteiger partial charge in [0.25, 0.3) is 11.8 Å². The molecular weight excluding hydrogens is 393 g/mol. The fourth-order valence-electron chi connectivity index (χ4n) is 3.95. The number of halogens is 3. The van der Waals surface area contributed by atoms with E-state index in [1.54, 1.807) is 11.8 Å². The number of benzene rings is 1. The molecule has 2 atom stereocenters. The van der Waals surface area contributed by atoms with E-state index in [1.165, 1.54) is 6.07 Å². The molecule has 0 radical (unpaired) electrons. The molecule has 1 saturated carbocycles. The van der Waals surface area contributed by atoms with Crippen LogP contribution in [0.3, 0.4) is 0 Å². The monoisotopic (exact) mass is 410 g/mol. The molecule has 10 heteroatoms. The highest BCUT2D eigenvalue weighted by Crippen LogP contribution is 2.39. The van der Waals surface area contributed by atoms with E-state index in [-0.39, 0.29) is 22.2 Å². The van der Waals surface area contributed by atoms with E-state index in [0.29, 0.717) is 18.2 Å². The van der Waals surface area contributed by atoms with Crippen LogP contribution in [0.1, 0.15) is 50.5 Å². The van der Waals surface area contributed by atoms with Crippen molar-refractivity contribution in [3.05, 3.63) is 39.9 Å². The van der Waals surface area contributed by atoms with Crippen LogP contribution in [0.25, 0.3) is 0 Å². The molecule has 0 unspecified atom stereocenters. The Balaban J connectivity index is 1.65. The number of carbonyl (C=O) groups excluding carboxylic acids is 2. The number of aromatic nitrogens is 2. The van der Waals surface area contributed by atoms with Crippen molar-refractivity contribution in [2.75, 3.05) is 11.9 Å². The third-order valence-electron chi connectivity index (χ3n) is 5.29. The number of amides is 2. The van der Waals surface area contributed by atoms with Crippen molar-refractivity contribution in [2.24, 2.45) is 5.92 Å². The maximum absolute atomic E-state index is 13.4. The number of aryl methyl sites for hydroxylation is 1. The Morgan fingerprint density at radius 2 is 2.04 bits per heavy atom. The van der Waals surface area contributed by atoms with Crippen molar-refractivity contribution in [1.82, 2.24) is 14.5 Å². The van der Waals surface area contributed by atoms with E-state index in [0.717, 1.165) is 42.9 Å². The summed E-state index contributed by atoms with van der Waals surface area (Å²) in [6.07, 6.45) is -1.79. The lowest BCUT2D eigenvalue weighted by Gasteiger charge is -2.27. The molecule has 1 saturated heterocycles. The highest BCUT2D eigenvalue weighted by Gasteiger charge is 2.41. The summed E-state index contributed by atoms with van der Waals surface area (Å²) in [6.45, 7) is 2.16. The fraction of sp³-hybridized carbons (Fsp3) is 0.444. The van der Waals surface area contributed by atoms with Gasteiger partial charge in [0.1, 0.15) is 4.88 Å². The van der Waals surface area contributed by atoms with E-state index < -0.39 is 23.6 Å². The Bertz CT molecular complexity index is 943. The van der Waals surface area contributed by atoms with Crippen LogP contribution in [-0.4, -0.2) is 38.9 Å². The Labute approximate surface area is 162 Å². The van der Waals surface area contributed by atoms with Crippen LogP contribution >= 0.6 is 11.5 Å². The van der Waals surface area contributed by atoms with Crippen molar-refractivity contribution in [3.8, 4) is 0 Å². The van der Waals surface area contributed by atoms with Gasteiger partial charge in [-0.05, 0) is 61.8 Å². The predicted octanol–water partition coefficient (Wildman–Crippen LogP) is 3.74. The summed E-state index contributed by atoms with van der Waals surface area (Å²) in [5.41, 5.74) is -0.742. The fourth-order valence-corrected chi connectivity index (χ4v) is 4.51. The summed E-state index contributed by atoms with van der Waals surface area (Å²) in [4.78, 5) is 27.1. The molecule has 4 rings (SSSR count). The summed E-state index contributed by atoms with van der Waals surface area (Å²) >= 11 is 0.855. The molecule has 2 fully saturated rings. The molecule has 1 aliphatic heterocycles. The molecule has 2 aromatic rings. The van der Waals surface area contributed by atoms with Crippen LogP contribution in [0.2, 0.25) is 0 Å². The van der Waals surface area contributed by atoms with Gasteiger partial charge in [0.05, 0.1) is 11.3 Å². The molecule has 2 bridgehead atoms. The van der Waals surface area contributed by atoms with Gasteiger partial charge in [-0.2, -0.15) is 13.2 Å². The molecule has 1 aliphatic carbocycles. The SMILES string of the molecule is Cc1nnsc1C(=O)Nc1cc(C(=O)N2C[C@H]3CC[C@H]2C3)cc(C(F)(F)F)c1. The molecule has 2 heterocycles. The summed E-state index contributed by atoms with van der Waals surface area (Å²) in [5, 5.41) is 6.16. The third kappa shape index (κ3) is 3.48. The van der Waals surface area contributed by atoms with Crippen molar-refractivity contribution in [3.63, 3.8) is 0 Å². The second kappa shape index (κ2) is 6.84. The van der Waals surface area contributed by atoms with Crippen LogP contribution < -0.4 is 5.32 Å². The van der Waals surface area contributed by atoms with Gasteiger partial charge in [-0.15, -0.1) is 5.10 Å². The van der Waals surface area contributed by atoms with Crippen LogP contribution in [0.15, 0.2) is 18.2 Å². The zero-order valence-electron chi connectivity index (χ0n) is 14.9. The molecule has 2 aliphatic rings. The number of fused-ring (bicyclic) bond motifs is 2. The van der Waals surface area contributed by atoms with E-state index in [1.807, 2.05) is 0 Å². The van der Waals surface area contributed by atoms with Crippen molar-refractivity contribution in [2.45, 2.75) is 38.4 Å². The minimum absolute atomic E-state index is 0.0724. The summed E-state index contributed by atoms with van der Waals surface area (Å²) in [5.74, 6) is -0.601. The first kappa shape index (κ1) is 18.9. The average molecular weight is 410 g/mol. The van der Waals surface area contributed by atoms with Gasteiger partial charge >= 0.3 is 6.18 Å². The number of piperidine rings is 1. The molecule has 6 nitrogen and oxygen atoms in total. The Morgan fingerprint density at radius 1 is 1.25 bits per heavy atom. The maximum atomic E-state index is 13.4. The number of nitrogens with one attached hydrogen (secondary N) is 1. The zero-order chi connectivity index (χ0) is 20.1. The van der Waals surface area contributed by atoms with E-state index in [9.17, 15) is 22.8 Å². The number of rotatable bonds is 3. The number of nitrogens with zero attached hydrogens (tertiary/aromatic N) is 3. The number of hydrogen-bond acceptors (Lipinski definition) is 5. The lowest BCUT2D eigenvalue weighted by molar-refractivity contribution is -0.137. The van der Waals surface area contributed by atoms with Gasteiger partial charge in [-0.25, -0.2) is 0 Å². The number of alkyl halides is 3. The molecular formula is C18H17F3N4O2S. The molecule has 148 valence electrons. The smallest absolute Gasteiger partial charge is 0.335 e. The number of likely N-dealkylation sites (tertiary alicyclic amines) is 1. The Kier molecular flexibility index (Phi) is 4.60. The summed E-state index contributed by atoms with van der Waals surface area (Å²) in [7, 11) is 0. The summed E-state index contributed by atoms with van der Waals surface area (Å²) < 4.78 is 43.7. The standard InChI is InChI=1S/C18H17F3N4O2S/c1-9-15(28-24-23-9)16(26)22-13-6-11(5-12(7-13)18(19,20)21)17(27)25-8-10-2-3-14(25)4-10/h5-7,10,14H,2-4,8H2,1H3,(H,22,26)/t10-,14-/m0/s1. The quantitative estimate of drug-likeness (QED) is 0.837. The zero-order valence-corrected chi connectivity index (χ0v) is 15.7.